The molecule has 1 heterocycles. The van der Waals surface area contributed by atoms with Crippen LogP contribution < -0.4 is 10.1 Å². The normalized spacial score (nSPS) is 9.75. The van der Waals surface area contributed by atoms with E-state index in [0.29, 0.717) is 19.0 Å². The number of hydrogen-bond acceptors (Lipinski definition) is 3. The number of ether oxygens (including phenoxy) is 1. The van der Waals surface area contributed by atoms with Gasteiger partial charge in [-0.05, 0) is 36.6 Å². The zero-order valence-corrected chi connectivity index (χ0v) is 14.1. The van der Waals surface area contributed by atoms with E-state index < -0.39 is 0 Å². The van der Waals surface area contributed by atoms with Crippen LogP contribution in [0.2, 0.25) is 0 Å². The molecule has 0 aliphatic rings. The summed E-state index contributed by atoms with van der Waals surface area (Å²) in [4.78, 5) is 15.0. The lowest BCUT2D eigenvalue weighted by Crippen LogP contribution is -2.22. The molecule has 0 fully saturated rings. The third-order valence-corrected chi connectivity index (χ3v) is 3.28. The standard InChI is InChI=1S/C20H22N2O2/c1-3-14-24-20-15-19(11-13-22-20)9-8-17-4-6-18(7-5-17)10-12-21-16(2)23/h4-7,11,13,15H,3,10,12,14H2,1-2H3,(H,21,23). The fourth-order valence-corrected chi connectivity index (χ4v) is 2.05. The minimum absolute atomic E-state index is 0.00266. The molecule has 0 unspecified atom stereocenters. The molecule has 1 N–H and O–H groups in total. The first kappa shape index (κ1) is 17.6. The van der Waals surface area contributed by atoms with E-state index in [1.165, 1.54) is 12.5 Å². The second kappa shape index (κ2) is 9.36. The summed E-state index contributed by atoms with van der Waals surface area (Å²) in [7, 11) is 0. The van der Waals surface area contributed by atoms with Gasteiger partial charge >= 0.3 is 0 Å². The van der Waals surface area contributed by atoms with Gasteiger partial charge in [0, 0.05) is 36.9 Å². The predicted octanol–water partition coefficient (Wildman–Crippen LogP) is 2.95. The summed E-state index contributed by atoms with van der Waals surface area (Å²) in [5, 5.41) is 2.79. The Hall–Kier alpha value is -2.80. The second-order valence-electron chi connectivity index (χ2n) is 5.41. The Morgan fingerprint density at radius 1 is 1.17 bits per heavy atom. The van der Waals surface area contributed by atoms with Crippen LogP contribution in [0.1, 0.15) is 37.0 Å². The molecule has 24 heavy (non-hydrogen) atoms. The Labute approximate surface area is 143 Å². The molecule has 0 atom stereocenters. The molecule has 4 heteroatoms. The highest BCUT2D eigenvalue weighted by Crippen LogP contribution is 2.09. The van der Waals surface area contributed by atoms with Crippen LogP contribution in [-0.2, 0) is 11.2 Å². The number of benzene rings is 1. The number of hydrogen-bond donors (Lipinski definition) is 1. The molecule has 2 rings (SSSR count). The Kier molecular flexibility index (Phi) is 6.85. The van der Waals surface area contributed by atoms with Crippen molar-refractivity contribution >= 4 is 5.91 Å². The van der Waals surface area contributed by atoms with Gasteiger partial charge in [0.2, 0.25) is 11.8 Å². The Morgan fingerprint density at radius 2 is 1.92 bits per heavy atom. The minimum Gasteiger partial charge on any atom is -0.478 e. The van der Waals surface area contributed by atoms with E-state index in [1.54, 1.807) is 6.20 Å². The van der Waals surface area contributed by atoms with E-state index >= 15 is 0 Å². The van der Waals surface area contributed by atoms with Crippen molar-refractivity contribution in [3.8, 4) is 17.7 Å². The molecule has 0 radical (unpaired) electrons. The first-order valence-electron chi connectivity index (χ1n) is 8.11. The molecule has 0 saturated carbocycles. The van der Waals surface area contributed by atoms with Gasteiger partial charge < -0.3 is 10.1 Å². The van der Waals surface area contributed by atoms with Crippen LogP contribution in [0.5, 0.6) is 5.88 Å². The van der Waals surface area contributed by atoms with E-state index in [-0.39, 0.29) is 5.91 Å². The van der Waals surface area contributed by atoms with Crippen molar-refractivity contribution in [3.63, 3.8) is 0 Å². The van der Waals surface area contributed by atoms with Crippen LogP contribution in [0.4, 0.5) is 0 Å². The summed E-state index contributed by atoms with van der Waals surface area (Å²) in [5.41, 5.74) is 3.01. The van der Waals surface area contributed by atoms with Gasteiger partial charge in [-0.3, -0.25) is 4.79 Å². The molecular weight excluding hydrogens is 300 g/mol. The average Bonchev–Trinajstić information content (AvgIpc) is 2.59. The maximum Gasteiger partial charge on any atom is 0.216 e. The maximum absolute atomic E-state index is 10.8. The Morgan fingerprint density at radius 3 is 2.62 bits per heavy atom. The molecule has 0 spiro atoms. The highest BCUT2D eigenvalue weighted by Gasteiger charge is 1.97. The SMILES string of the molecule is CCCOc1cc(C#Cc2ccc(CCNC(C)=O)cc2)ccn1. The molecule has 1 amide bonds. The molecule has 4 nitrogen and oxygen atoms in total. The number of aromatic nitrogens is 1. The largest absolute Gasteiger partial charge is 0.478 e. The zero-order chi connectivity index (χ0) is 17.2. The highest BCUT2D eigenvalue weighted by molar-refractivity contribution is 5.72. The molecule has 124 valence electrons. The van der Waals surface area contributed by atoms with Gasteiger partial charge in [0.05, 0.1) is 6.61 Å². The van der Waals surface area contributed by atoms with Gasteiger partial charge in [0.15, 0.2) is 0 Å². The molecule has 1 aromatic heterocycles. The fraction of sp³-hybridized carbons (Fsp3) is 0.300. The lowest BCUT2D eigenvalue weighted by atomic mass is 10.1. The van der Waals surface area contributed by atoms with Crippen molar-refractivity contribution in [3.05, 3.63) is 59.3 Å². The van der Waals surface area contributed by atoms with Gasteiger partial charge in [0.25, 0.3) is 0 Å². The maximum atomic E-state index is 10.8. The van der Waals surface area contributed by atoms with Crippen molar-refractivity contribution in [2.75, 3.05) is 13.2 Å². The van der Waals surface area contributed by atoms with E-state index in [1.807, 2.05) is 36.4 Å². The number of nitrogens with zero attached hydrogens (tertiary/aromatic N) is 1. The van der Waals surface area contributed by atoms with Crippen LogP contribution >= 0.6 is 0 Å². The van der Waals surface area contributed by atoms with Gasteiger partial charge in [-0.1, -0.05) is 30.9 Å². The number of pyridine rings is 1. The van der Waals surface area contributed by atoms with Crippen molar-refractivity contribution < 1.29 is 9.53 Å². The summed E-state index contributed by atoms with van der Waals surface area (Å²) in [6, 6.07) is 11.8. The van der Waals surface area contributed by atoms with Crippen molar-refractivity contribution in [1.29, 1.82) is 0 Å². The Bertz CT molecular complexity index is 727. The average molecular weight is 322 g/mol. The number of nitrogens with one attached hydrogen (secondary N) is 1. The van der Waals surface area contributed by atoms with E-state index in [4.69, 9.17) is 4.74 Å². The van der Waals surface area contributed by atoms with E-state index in [9.17, 15) is 4.79 Å². The van der Waals surface area contributed by atoms with Gasteiger partial charge in [-0.15, -0.1) is 0 Å². The zero-order valence-electron chi connectivity index (χ0n) is 14.1. The molecule has 0 bridgehead atoms. The first-order valence-corrected chi connectivity index (χ1v) is 8.11. The molecular formula is C20H22N2O2. The van der Waals surface area contributed by atoms with E-state index in [2.05, 4.69) is 29.1 Å². The summed E-state index contributed by atoms with van der Waals surface area (Å²) in [6.45, 7) is 4.89. The molecule has 1 aromatic carbocycles. The fourth-order valence-electron chi connectivity index (χ4n) is 2.05. The summed E-state index contributed by atoms with van der Waals surface area (Å²) < 4.78 is 5.51. The number of carbonyl (C=O) groups is 1. The minimum atomic E-state index is -0.00266. The topological polar surface area (TPSA) is 51.2 Å². The van der Waals surface area contributed by atoms with Crippen LogP contribution in [0, 0.1) is 11.8 Å². The van der Waals surface area contributed by atoms with Crippen molar-refractivity contribution in [1.82, 2.24) is 10.3 Å². The van der Waals surface area contributed by atoms with Gasteiger partial charge in [0.1, 0.15) is 0 Å². The van der Waals surface area contributed by atoms with Crippen molar-refractivity contribution in [2.24, 2.45) is 0 Å². The third-order valence-electron chi connectivity index (χ3n) is 3.28. The third kappa shape index (κ3) is 6.13. The van der Waals surface area contributed by atoms with Gasteiger partial charge in [-0.2, -0.15) is 0 Å². The molecule has 2 aromatic rings. The lowest BCUT2D eigenvalue weighted by Gasteiger charge is -2.03. The van der Waals surface area contributed by atoms with Crippen LogP contribution in [0.3, 0.4) is 0 Å². The summed E-state index contributed by atoms with van der Waals surface area (Å²) in [5.74, 6) is 6.88. The molecule has 0 aliphatic heterocycles. The first-order chi connectivity index (χ1) is 11.7. The highest BCUT2D eigenvalue weighted by atomic mass is 16.5. The summed E-state index contributed by atoms with van der Waals surface area (Å²) >= 11 is 0. The Balaban J connectivity index is 1.96. The van der Waals surface area contributed by atoms with Gasteiger partial charge in [-0.25, -0.2) is 4.98 Å². The number of carbonyl (C=O) groups excluding carboxylic acids is 1. The van der Waals surface area contributed by atoms with Crippen LogP contribution in [-0.4, -0.2) is 24.0 Å². The molecule has 0 aliphatic carbocycles. The smallest absolute Gasteiger partial charge is 0.216 e. The van der Waals surface area contributed by atoms with Crippen LogP contribution in [0.15, 0.2) is 42.6 Å². The van der Waals surface area contributed by atoms with Crippen molar-refractivity contribution in [2.45, 2.75) is 26.7 Å². The van der Waals surface area contributed by atoms with Crippen LogP contribution in [0.25, 0.3) is 0 Å². The quantitative estimate of drug-likeness (QED) is 0.832. The summed E-state index contributed by atoms with van der Waals surface area (Å²) in [6.07, 6.45) is 3.47. The second-order valence-corrected chi connectivity index (χ2v) is 5.41. The molecule has 0 saturated heterocycles. The predicted molar refractivity (Wildman–Crippen MR) is 94.8 cm³/mol. The lowest BCUT2D eigenvalue weighted by molar-refractivity contribution is -0.118. The number of amides is 1. The monoisotopic (exact) mass is 322 g/mol. The number of rotatable bonds is 6. The van der Waals surface area contributed by atoms with E-state index in [0.717, 1.165) is 24.0 Å².